The van der Waals surface area contributed by atoms with Gasteiger partial charge in [-0.2, -0.15) is 0 Å². The van der Waals surface area contributed by atoms with Crippen LogP contribution in [0.5, 0.6) is 0 Å². The Balaban J connectivity index is 0.000001000. The Hall–Kier alpha value is -0.450. The van der Waals surface area contributed by atoms with E-state index < -0.39 is 0 Å². The van der Waals surface area contributed by atoms with Crippen molar-refractivity contribution in [2.24, 2.45) is 0 Å². The highest BCUT2D eigenvalue weighted by Crippen LogP contribution is 1.76. The van der Waals surface area contributed by atoms with E-state index >= 15 is 0 Å². The summed E-state index contributed by atoms with van der Waals surface area (Å²) in [7, 11) is 0. The standard InChI is InChI=1S/C7H9NO2.BrH/c9-10-7-6-8-4-2-1-3-5-8;/h1-5H,6-7H2;1H. The number of halogens is 1. The Labute approximate surface area is 75.9 Å². The molecule has 0 saturated carbocycles. The Morgan fingerprint density at radius 1 is 1.18 bits per heavy atom. The smallest absolute Gasteiger partial charge is 0.174 e. The van der Waals surface area contributed by atoms with Gasteiger partial charge in [0.1, 0.15) is 6.61 Å². The van der Waals surface area contributed by atoms with Gasteiger partial charge in [-0.1, -0.05) is 6.07 Å². The molecular weight excluding hydrogens is 210 g/mol. The van der Waals surface area contributed by atoms with E-state index in [4.69, 9.17) is 5.26 Å². The van der Waals surface area contributed by atoms with Crippen molar-refractivity contribution in [3.8, 4) is 0 Å². The lowest BCUT2D eigenvalue weighted by Crippen LogP contribution is -3.00. The SMILES string of the molecule is OOCC[n+]1ccccc1.[Br-]. The van der Waals surface area contributed by atoms with Crippen LogP contribution in [0.15, 0.2) is 30.6 Å². The van der Waals surface area contributed by atoms with Crippen LogP contribution in [0.1, 0.15) is 0 Å². The Kier molecular flexibility index (Phi) is 6.02. The summed E-state index contributed by atoms with van der Waals surface area (Å²) in [6.45, 7) is 1.01. The highest BCUT2D eigenvalue weighted by molar-refractivity contribution is 4.83. The monoisotopic (exact) mass is 219 g/mol. The van der Waals surface area contributed by atoms with E-state index in [9.17, 15) is 0 Å². The molecule has 0 unspecified atom stereocenters. The number of rotatable bonds is 3. The summed E-state index contributed by atoms with van der Waals surface area (Å²) >= 11 is 0. The first kappa shape index (κ1) is 10.6. The second-order valence-electron chi connectivity index (χ2n) is 1.95. The van der Waals surface area contributed by atoms with Gasteiger partial charge in [0.05, 0.1) is 0 Å². The van der Waals surface area contributed by atoms with Crippen molar-refractivity contribution in [2.45, 2.75) is 6.54 Å². The lowest BCUT2D eigenvalue weighted by Gasteiger charge is -1.91. The molecule has 1 aromatic rings. The fraction of sp³-hybridized carbons (Fsp3) is 0.286. The minimum absolute atomic E-state index is 0. The largest absolute Gasteiger partial charge is 1.00 e. The van der Waals surface area contributed by atoms with Crippen molar-refractivity contribution in [1.29, 1.82) is 0 Å². The third-order valence-electron chi connectivity index (χ3n) is 1.22. The summed E-state index contributed by atoms with van der Waals surface area (Å²) in [6, 6.07) is 5.80. The molecular formula is C7H10BrNO2. The molecule has 11 heavy (non-hydrogen) atoms. The summed E-state index contributed by atoms with van der Waals surface area (Å²) in [6.07, 6.45) is 3.83. The molecule has 0 saturated heterocycles. The normalized spacial score (nSPS) is 8.82. The number of hydrogen-bond donors (Lipinski definition) is 1. The van der Waals surface area contributed by atoms with Gasteiger partial charge in [-0.05, 0) is 0 Å². The summed E-state index contributed by atoms with van der Waals surface area (Å²) in [4.78, 5) is 3.92. The molecule has 0 fully saturated rings. The molecule has 0 radical (unpaired) electrons. The predicted molar refractivity (Wildman–Crippen MR) is 35.2 cm³/mol. The van der Waals surface area contributed by atoms with Gasteiger partial charge < -0.3 is 17.0 Å². The maximum absolute atomic E-state index is 8.01. The van der Waals surface area contributed by atoms with E-state index in [2.05, 4.69) is 4.89 Å². The van der Waals surface area contributed by atoms with Crippen molar-refractivity contribution in [3.63, 3.8) is 0 Å². The molecule has 1 N–H and O–H groups in total. The average Bonchev–Trinajstić information content (AvgIpc) is 2.03. The van der Waals surface area contributed by atoms with Crippen molar-refractivity contribution in [2.75, 3.05) is 6.61 Å². The van der Waals surface area contributed by atoms with E-state index in [-0.39, 0.29) is 17.0 Å². The molecule has 3 nitrogen and oxygen atoms in total. The lowest BCUT2D eigenvalue weighted by atomic mass is 10.5. The number of aromatic nitrogens is 1. The lowest BCUT2D eigenvalue weighted by molar-refractivity contribution is -0.701. The molecule has 62 valence electrons. The topological polar surface area (TPSA) is 33.3 Å². The highest BCUT2D eigenvalue weighted by Gasteiger charge is 1.94. The predicted octanol–water partition coefficient (Wildman–Crippen LogP) is -2.53. The minimum atomic E-state index is 0. The molecule has 0 bridgehead atoms. The van der Waals surface area contributed by atoms with E-state index in [0.29, 0.717) is 13.2 Å². The second-order valence-corrected chi connectivity index (χ2v) is 1.95. The van der Waals surface area contributed by atoms with Gasteiger partial charge in [-0.25, -0.2) is 9.45 Å². The third kappa shape index (κ3) is 4.08. The van der Waals surface area contributed by atoms with Crippen LogP contribution in [0, 0.1) is 0 Å². The Morgan fingerprint density at radius 3 is 2.36 bits per heavy atom. The molecule has 1 heterocycles. The summed E-state index contributed by atoms with van der Waals surface area (Å²) in [5.41, 5.74) is 0. The van der Waals surface area contributed by atoms with Crippen LogP contribution in [0.25, 0.3) is 0 Å². The number of nitrogens with zero attached hydrogens (tertiary/aromatic N) is 1. The van der Waals surface area contributed by atoms with Gasteiger partial charge in [-0.3, -0.25) is 5.26 Å². The average molecular weight is 220 g/mol. The molecule has 0 aliphatic carbocycles. The van der Waals surface area contributed by atoms with E-state index in [1.807, 2.05) is 35.2 Å². The molecule has 0 aliphatic heterocycles. The van der Waals surface area contributed by atoms with E-state index in [1.165, 1.54) is 0 Å². The third-order valence-corrected chi connectivity index (χ3v) is 1.22. The molecule has 0 amide bonds. The van der Waals surface area contributed by atoms with Crippen LogP contribution in [0.3, 0.4) is 0 Å². The van der Waals surface area contributed by atoms with Crippen LogP contribution >= 0.6 is 0 Å². The Morgan fingerprint density at radius 2 is 1.82 bits per heavy atom. The van der Waals surface area contributed by atoms with Gasteiger partial charge in [0.15, 0.2) is 18.9 Å². The van der Waals surface area contributed by atoms with Crippen molar-refractivity contribution in [1.82, 2.24) is 0 Å². The summed E-state index contributed by atoms with van der Waals surface area (Å²) in [5, 5.41) is 8.01. The van der Waals surface area contributed by atoms with Gasteiger partial charge in [0, 0.05) is 12.1 Å². The molecule has 1 aromatic heterocycles. The van der Waals surface area contributed by atoms with E-state index in [1.54, 1.807) is 0 Å². The van der Waals surface area contributed by atoms with Crippen LogP contribution in [0.4, 0.5) is 0 Å². The first-order valence-electron chi connectivity index (χ1n) is 3.14. The summed E-state index contributed by atoms with van der Waals surface area (Å²) in [5.74, 6) is 0. The zero-order chi connectivity index (χ0) is 7.23. The summed E-state index contributed by atoms with van der Waals surface area (Å²) < 4.78 is 1.93. The Bertz CT molecular complexity index is 181. The fourth-order valence-corrected chi connectivity index (χ4v) is 0.730. The molecule has 4 heteroatoms. The van der Waals surface area contributed by atoms with Gasteiger partial charge in [0.25, 0.3) is 0 Å². The van der Waals surface area contributed by atoms with Gasteiger partial charge in [-0.15, -0.1) is 0 Å². The van der Waals surface area contributed by atoms with Gasteiger partial charge >= 0.3 is 0 Å². The maximum Gasteiger partial charge on any atom is 0.174 e. The maximum atomic E-state index is 8.01. The molecule has 0 aliphatic rings. The second kappa shape index (κ2) is 6.27. The molecule has 0 aromatic carbocycles. The van der Waals surface area contributed by atoms with Crippen LogP contribution in [0.2, 0.25) is 0 Å². The quantitative estimate of drug-likeness (QED) is 0.346. The minimum Gasteiger partial charge on any atom is -1.00 e. The van der Waals surface area contributed by atoms with E-state index in [0.717, 1.165) is 0 Å². The molecule has 0 atom stereocenters. The van der Waals surface area contributed by atoms with Crippen molar-refractivity contribution >= 4 is 0 Å². The van der Waals surface area contributed by atoms with Crippen LogP contribution in [-0.4, -0.2) is 11.9 Å². The van der Waals surface area contributed by atoms with Crippen LogP contribution in [-0.2, 0) is 11.4 Å². The first-order chi connectivity index (χ1) is 4.93. The zero-order valence-corrected chi connectivity index (χ0v) is 7.57. The molecule has 0 spiro atoms. The highest BCUT2D eigenvalue weighted by atomic mass is 79.9. The van der Waals surface area contributed by atoms with Crippen molar-refractivity contribution < 1.29 is 31.7 Å². The number of pyridine rings is 1. The zero-order valence-electron chi connectivity index (χ0n) is 5.98. The molecule has 1 rings (SSSR count). The fourth-order valence-electron chi connectivity index (χ4n) is 0.730. The van der Waals surface area contributed by atoms with Gasteiger partial charge in [0.2, 0.25) is 0 Å². The van der Waals surface area contributed by atoms with Crippen molar-refractivity contribution in [3.05, 3.63) is 30.6 Å². The number of hydrogen-bond acceptors (Lipinski definition) is 2. The first-order valence-corrected chi connectivity index (χ1v) is 3.14. The van der Waals surface area contributed by atoms with Crippen LogP contribution < -0.4 is 21.5 Å².